The number of carbonyl (C=O) groups excluding carboxylic acids is 1. The number of nitrogens with one attached hydrogen (secondary N) is 1. The minimum absolute atomic E-state index is 0.0314. The first-order valence-corrected chi connectivity index (χ1v) is 11.7. The summed E-state index contributed by atoms with van der Waals surface area (Å²) in [4.78, 5) is 30.9. The summed E-state index contributed by atoms with van der Waals surface area (Å²) in [5.41, 5.74) is 4.83. The molecule has 8 nitrogen and oxygen atoms in total. The van der Waals surface area contributed by atoms with Gasteiger partial charge in [-0.2, -0.15) is 5.26 Å². The van der Waals surface area contributed by atoms with E-state index >= 15 is 0 Å². The van der Waals surface area contributed by atoms with Gasteiger partial charge in [-0.3, -0.25) is 9.59 Å². The zero-order valence-electron chi connectivity index (χ0n) is 20.7. The second kappa shape index (κ2) is 10.5. The first-order chi connectivity index (χ1) is 17.7. The molecule has 0 spiro atoms. The molecular weight excluding hydrogens is 473 g/mol. The molecule has 0 aliphatic rings. The average Bonchev–Trinajstić information content (AvgIpc) is 3.18. The van der Waals surface area contributed by atoms with Crippen LogP contribution in [0.4, 0.5) is 15.8 Å². The van der Waals surface area contributed by atoms with Gasteiger partial charge in [0, 0.05) is 24.8 Å². The largest absolute Gasteiger partial charge is 0.481 e. The Hall–Kier alpha value is -4.71. The van der Waals surface area contributed by atoms with Crippen LogP contribution in [0.1, 0.15) is 39.3 Å². The van der Waals surface area contributed by atoms with E-state index in [0.717, 1.165) is 16.6 Å². The van der Waals surface area contributed by atoms with Gasteiger partial charge in [0.2, 0.25) is 0 Å². The number of hydrogen-bond donors (Lipinski definition) is 2. The first-order valence-electron chi connectivity index (χ1n) is 11.7. The van der Waals surface area contributed by atoms with Crippen molar-refractivity contribution >= 4 is 34.3 Å². The number of benzene rings is 3. The van der Waals surface area contributed by atoms with E-state index in [4.69, 9.17) is 5.26 Å². The third-order valence-corrected chi connectivity index (χ3v) is 6.19. The van der Waals surface area contributed by atoms with Crippen LogP contribution in [0.5, 0.6) is 0 Å². The van der Waals surface area contributed by atoms with Crippen LogP contribution in [0, 0.1) is 31.0 Å². The number of nitrogens with zero attached hydrogens (tertiary/aromatic N) is 4. The number of halogens is 1. The number of rotatable bonds is 8. The maximum absolute atomic E-state index is 14.2. The summed E-state index contributed by atoms with van der Waals surface area (Å²) < 4.78 is 16.1. The number of nitriles is 1. The lowest BCUT2D eigenvalue weighted by atomic mass is 10.1. The number of aromatic nitrogens is 2. The van der Waals surface area contributed by atoms with Gasteiger partial charge < -0.3 is 19.9 Å². The van der Waals surface area contributed by atoms with Crippen molar-refractivity contribution in [3.8, 4) is 6.07 Å². The molecule has 0 aliphatic heterocycles. The molecule has 0 fully saturated rings. The standard InChI is InChI=1S/C28H26FN5O3/c1-17-4-8-24(18(2)12-17)34(11-10-27(35)36)28(37)20-6-9-25-23(14-20)32-26(33(25)3)16-31-22-7-5-19(15-30)13-21(22)29/h4-9,12-14,31H,10-11,16H2,1-3H3,(H,35,36). The number of amides is 1. The Kier molecular flexibility index (Phi) is 7.20. The van der Waals surface area contributed by atoms with E-state index in [9.17, 15) is 19.1 Å². The molecule has 9 heteroatoms. The number of carbonyl (C=O) groups is 2. The lowest BCUT2D eigenvalue weighted by Gasteiger charge is -2.24. The van der Waals surface area contributed by atoms with Crippen molar-refractivity contribution in [3.05, 3.63) is 88.5 Å². The molecule has 0 radical (unpaired) electrons. The van der Waals surface area contributed by atoms with Gasteiger partial charge in [0.05, 0.1) is 41.3 Å². The van der Waals surface area contributed by atoms with Gasteiger partial charge in [-0.25, -0.2) is 9.37 Å². The molecule has 0 aliphatic carbocycles. The molecule has 37 heavy (non-hydrogen) atoms. The Morgan fingerprint density at radius 3 is 2.59 bits per heavy atom. The minimum atomic E-state index is -0.987. The summed E-state index contributed by atoms with van der Waals surface area (Å²) in [5.74, 6) is -1.21. The zero-order valence-corrected chi connectivity index (χ0v) is 20.7. The summed E-state index contributed by atoms with van der Waals surface area (Å²) in [6.07, 6.45) is -0.188. The molecule has 4 rings (SSSR count). The van der Waals surface area contributed by atoms with Crippen molar-refractivity contribution in [1.82, 2.24) is 9.55 Å². The number of aliphatic carboxylic acids is 1. The molecule has 4 aromatic rings. The van der Waals surface area contributed by atoms with Gasteiger partial charge >= 0.3 is 5.97 Å². The van der Waals surface area contributed by atoms with Crippen molar-refractivity contribution in [2.75, 3.05) is 16.8 Å². The van der Waals surface area contributed by atoms with Crippen LogP contribution in [-0.4, -0.2) is 33.1 Å². The van der Waals surface area contributed by atoms with Crippen molar-refractivity contribution in [3.63, 3.8) is 0 Å². The molecule has 1 aromatic heterocycles. The van der Waals surface area contributed by atoms with Gasteiger partial charge in [-0.15, -0.1) is 0 Å². The molecule has 0 unspecified atom stereocenters. The number of carboxylic acid groups (broad SMARTS) is 1. The van der Waals surface area contributed by atoms with E-state index in [2.05, 4.69) is 10.3 Å². The van der Waals surface area contributed by atoms with Crippen LogP contribution in [0.3, 0.4) is 0 Å². The van der Waals surface area contributed by atoms with Gasteiger partial charge in [-0.05, 0) is 61.9 Å². The van der Waals surface area contributed by atoms with Crippen LogP contribution in [0.2, 0.25) is 0 Å². The van der Waals surface area contributed by atoms with Gasteiger partial charge in [0.25, 0.3) is 5.91 Å². The average molecular weight is 500 g/mol. The predicted octanol–water partition coefficient (Wildman–Crippen LogP) is 4.93. The number of carboxylic acids is 1. The normalized spacial score (nSPS) is 10.8. The highest BCUT2D eigenvalue weighted by molar-refractivity contribution is 6.08. The van der Waals surface area contributed by atoms with E-state index in [1.807, 2.05) is 49.7 Å². The number of fused-ring (bicyclic) bond motifs is 1. The Morgan fingerprint density at radius 1 is 1.14 bits per heavy atom. The quantitative estimate of drug-likeness (QED) is 0.355. The van der Waals surface area contributed by atoms with Crippen LogP contribution in [-0.2, 0) is 18.4 Å². The third kappa shape index (κ3) is 5.43. The van der Waals surface area contributed by atoms with Crippen LogP contribution < -0.4 is 10.2 Å². The maximum Gasteiger partial charge on any atom is 0.305 e. The molecule has 1 amide bonds. The topological polar surface area (TPSA) is 111 Å². The Bertz CT molecular complexity index is 1550. The first kappa shape index (κ1) is 25.4. The lowest BCUT2D eigenvalue weighted by molar-refractivity contribution is -0.136. The summed E-state index contributed by atoms with van der Waals surface area (Å²) in [6.45, 7) is 4.10. The van der Waals surface area contributed by atoms with E-state index in [0.29, 0.717) is 22.6 Å². The van der Waals surface area contributed by atoms with E-state index in [-0.39, 0.29) is 36.7 Å². The second-order valence-corrected chi connectivity index (χ2v) is 8.84. The Labute approximate surface area is 213 Å². The molecule has 0 saturated carbocycles. The van der Waals surface area contributed by atoms with Crippen LogP contribution in [0.25, 0.3) is 11.0 Å². The summed E-state index contributed by atoms with van der Waals surface area (Å²) >= 11 is 0. The third-order valence-electron chi connectivity index (χ3n) is 6.19. The van der Waals surface area contributed by atoms with Crippen LogP contribution >= 0.6 is 0 Å². The smallest absolute Gasteiger partial charge is 0.305 e. The van der Waals surface area contributed by atoms with E-state index < -0.39 is 11.8 Å². The van der Waals surface area contributed by atoms with Crippen LogP contribution in [0.15, 0.2) is 54.6 Å². The highest BCUT2D eigenvalue weighted by Gasteiger charge is 2.21. The van der Waals surface area contributed by atoms with Gasteiger partial charge in [0.1, 0.15) is 11.6 Å². The fraction of sp³-hybridized carbons (Fsp3) is 0.214. The summed E-state index contributed by atoms with van der Waals surface area (Å²) in [5, 5.41) is 21.1. The Morgan fingerprint density at radius 2 is 1.92 bits per heavy atom. The highest BCUT2D eigenvalue weighted by Crippen LogP contribution is 2.25. The van der Waals surface area contributed by atoms with E-state index in [1.165, 1.54) is 23.1 Å². The van der Waals surface area contributed by atoms with Crippen molar-refractivity contribution in [2.45, 2.75) is 26.8 Å². The molecule has 0 saturated heterocycles. The number of anilines is 2. The monoisotopic (exact) mass is 499 g/mol. The minimum Gasteiger partial charge on any atom is -0.481 e. The molecule has 3 aromatic carbocycles. The number of hydrogen-bond acceptors (Lipinski definition) is 5. The fourth-order valence-electron chi connectivity index (χ4n) is 4.25. The molecule has 188 valence electrons. The highest BCUT2D eigenvalue weighted by atomic mass is 19.1. The van der Waals surface area contributed by atoms with Gasteiger partial charge in [0.15, 0.2) is 0 Å². The lowest BCUT2D eigenvalue weighted by Crippen LogP contribution is -2.33. The molecule has 2 N–H and O–H groups in total. The fourth-order valence-corrected chi connectivity index (χ4v) is 4.25. The molecule has 0 atom stereocenters. The maximum atomic E-state index is 14.2. The molecule has 0 bridgehead atoms. The van der Waals surface area contributed by atoms with Crippen molar-refractivity contribution in [1.29, 1.82) is 5.26 Å². The summed E-state index contributed by atoms with van der Waals surface area (Å²) in [7, 11) is 1.83. The molecule has 1 heterocycles. The Balaban J connectivity index is 1.62. The van der Waals surface area contributed by atoms with Crippen molar-refractivity contribution < 1.29 is 19.1 Å². The zero-order chi connectivity index (χ0) is 26.7. The second-order valence-electron chi connectivity index (χ2n) is 8.84. The SMILES string of the molecule is Cc1ccc(N(CCC(=O)O)C(=O)c2ccc3c(c2)nc(CNc2ccc(C#N)cc2F)n3C)c(C)c1. The van der Waals surface area contributed by atoms with Gasteiger partial charge in [-0.1, -0.05) is 17.7 Å². The summed E-state index contributed by atoms with van der Waals surface area (Å²) in [6, 6.07) is 16.9. The van der Waals surface area contributed by atoms with Crippen molar-refractivity contribution in [2.24, 2.45) is 7.05 Å². The number of aryl methyl sites for hydroxylation is 3. The predicted molar refractivity (Wildman–Crippen MR) is 139 cm³/mol. The number of imidazole rings is 1. The molecular formula is C28H26FN5O3. The van der Waals surface area contributed by atoms with E-state index in [1.54, 1.807) is 18.2 Å².